The van der Waals surface area contributed by atoms with Gasteiger partial charge < -0.3 is 9.64 Å². The molecule has 2 rings (SSSR count). The third-order valence-corrected chi connectivity index (χ3v) is 4.54. The fourth-order valence-electron chi connectivity index (χ4n) is 2.25. The lowest BCUT2D eigenvalue weighted by Crippen LogP contribution is -2.53. The van der Waals surface area contributed by atoms with Crippen LogP contribution < -0.4 is 0 Å². The first-order chi connectivity index (χ1) is 11.8. The topological polar surface area (TPSA) is 12.5 Å². The number of hydrogen-bond acceptors (Lipinski definition) is 3. The Hall–Kier alpha value is -1.35. The summed E-state index contributed by atoms with van der Waals surface area (Å²) in [4.78, 5) is 0.984. The number of nitrogens with zero attached hydrogens (tertiary/aromatic N) is 1. The first-order valence-corrected chi connectivity index (χ1v) is 8.54. The van der Waals surface area contributed by atoms with Gasteiger partial charge in [0, 0.05) is 18.8 Å². The smallest absolute Gasteiger partial charge is 0.375 e. The van der Waals surface area contributed by atoms with E-state index < -0.39 is 24.0 Å². The number of rotatable bonds is 7. The van der Waals surface area contributed by atoms with Crippen molar-refractivity contribution >= 4 is 11.8 Å². The number of alkyl halides is 6. The van der Waals surface area contributed by atoms with E-state index in [2.05, 4.69) is 0 Å². The monoisotopic (exact) mass is 385 g/mol. The molecule has 0 amide bonds. The van der Waals surface area contributed by atoms with Gasteiger partial charge in [0.15, 0.2) is 0 Å². The lowest BCUT2D eigenvalue weighted by atomic mass is 10.1. The molecule has 0 N–H and O–H groups in total. The van der Waals surface area contributed by atoms with Crippen LogP contribution in [0.15, 0.2) is 41.4 Å². The third-order valence-electron chi connectivity index (χ3n) is 3.65. The molecule has 0 atom stereocenters. The molecule has 1 aromatic rings. The van der Waals surface area contributed by atoms with Gasteiger partial charge in [-0.05, 0) is 11.0 Å². The second-order valence-electron chi connectivity index (χ2n) is 5.40. The molecule has 1 heterocycles. The quantitative estimate of drug-likeness (QED) is 0.635. The number of hydrogen-bond donors (Lipinski definition) is 0. The van der Waals surface area contributed by atoms with Gasteiger partial charge in [-0.1, -0.05) is 30.3 Å². The summed E-state index contributed by atoms with van der Waals surface area (Å²) in [6, 6.07) is 8.78. The number of allylic oxidation sites excluding steroid dienone is 1. The van der Waals surface area contributed by atoms with Crippen molar-refractivity contribution in [1.82, 2.24) is 4.90 Å². The zero-order chi connectivity index (χ0) is 18.5. The van der Waals surface area contributed by atoms with Crippen LogP contribution in [0.5, 0.6) is 0 Å². The van der Waals surface area contributed by atoms with E-state index in [0.29, 0.717) is 0 Å². The summed E-state index contributed by atoms with van der Waals surface area (Å²) in [6.07, 6.45) is -4.47. The number of benzene rings is 1. The normalized spacial score (nSPS) is 17.2. The second kappa shape index (κ2) is 8.35. The maximum Gasteiger partial charge on any atom is 0.375 e. The largest absolute Gasteiger partial charge is 0.378 e. The minimum atomic E-state index is -5.45. The maximum absolute atomic E-state index is 14.2. The van der Waals surface area contributed by atoms with Crippen LogP contribution in [0.4, 0.5) is 26.3 Å². The predicted molar refractivity (Wildman–Crippen MR) is 84.1 cm³/mol. The van der Waals surface area contributed by atoms with Crippen molar-refractivity contribution in [3.8, 4) is 0 Å². The Balaban J connectivity index is 2.24. The van der Waals surface area contributed by atoms with Crippen molar-refractivity contribution < 1.29 is 31.1 Å². The van der Waals surface area contributed by atoms with Gasteiger partial charge in [-0.25, -0.2) is 8.78 Å². The Labute approximate surface area is 145 Å². The first kappa shape index (κ1) is 20.0. The molecular weight excluding hydrogens is 368 g/mol. The van der Waals surface area contributed by atoms with Crippen molar-refractivity contribution in [3.63, 3.8) is 0 Å². The minimum Gasteiger partial charge on any atom is -0.378 e. The Morgan fingerprint density at radius 1 is 1.12 bits per heavy atom. The fraction of sp³-hybridized carbons (Fsp3) is 0.500. The summed E-state index contributed by atoms with van der Waals surface area (Å²) in [7, 11) is 0. The molecule has 0 unspecified atom stereocenters. The average Bonchev–Trinajstić information content (AvgIpc) is 2.60. The van der Waals surface area contributed by atoms with Gasteiger partial charge in [0.1, 0.15) is 0 Å². The molecule has 0 saturated carbocycles. The lowest BCUT2D eigenvalue weighted by Gasteiger charge is -2.37. The van der Waals surface area contributed by atoms with Crippen LogP contribution >= 0.6 is 11.8 Å². The molecule has 1 aliphatic heterocycles. The molecule has 1 aliphatic rings. The summed E-state index contributed by atoms with van der Waals surface area (Å²) in [6.45, 7) is 0.00726. The van der Waals surface area contributed by atoms with Crippen LogP contribution in [0.25, 0.3) is 0 Å². The number of thioether (sulfide) groups is 1. The highest BCUT2D eigenvalue weighted by molar-refractivity contribution is 8.01. The lowest BCUT2D eigenvalue weighted by molar-refractivity contribution is -0.253. The van der Waals surface area contributed by atoms with Gasteiger partial charge >= 0.3 is 18.3 Å². The van der Waals surface area contributed by atoms with E-state index in [9.17, 15) is 26.3 Å². The Morgan fingerprint density at radius 3 is 2.28 bits per heavy atom. The van der Waals surface area contributed by atoms with Crippen molar-refractivity contribution in [2.45, 2.75) is 24.0 Å². The molecule has 0 spiro atoms. The average molecular weight is 385 g/mol. The summed E-state index contributed by atoms with van der Waals surface area (Å²) < 4.78 is 85.5. The molecule has 1 saturated heterocycles. The third kappa shape index (κ3) is 4.63. The SMILES string of the molecule is FC(F)C(F)(F)C(F)(F)/C(=C/SCc1ccccc1)N1CCOCC1. The molecule has 1 aromatic carbocycles. The van der Waals surface area contributed by atoms with Gasteiger partial charge in [-0.2, -0.15) is 17.6 Å². The Bertz CT molecular complexity index is 575. The van der Waals surface area contributed by atoms with Crippen molar-refractivity contribution in [1.29, 1.82) is 0 Å². The van der Waals surface area contributed by atoms with Crippen LogP contribution in [0.2, 0.25) is 0 Å². The van der Waals surface area contributed by atoms with Gasteiger partial charge in [-0.15, -0.1) is 11.8 Å². The first-order valence-electron chi connectivity index (χ1n) is 7.49. The molecular formula is C16H17F6NOS. The van der Waals surface area contributed by atoms with Gasteiger partial charge in [0.05, 0.1) is 18.9 Å². The van der Waals surface area contributed by atoms with Crippen LogP contribution in [0, 0.1) is 0 Å². The molecule has 2 nitrogen and oxygen atoms in total. The molecule has 0 aliphatic carbocycles. The zero-order valence-electron chi connectivity index (χ0n) is 13.1. The van der Waals surface area contributed by atoms with E-state index in [1.165, 1.54) is 0 Å². The summed E-state index contributed by atoms with van der Waals surface area (Å²) in [5, 5.41) is 0.856. The van der Waals surface area contributed by atoms with Crippen molar-refractivity contribution in [3.05, 3.63) is 47.0 Å². The molecule has 0 radical (unpaired) electrons. The zero-order valence-corrected chi connectivity index (χ0v) is 13.9. The second-order valence-corrected chi connectivity index (χ2v) is 6.25. The molecule has 140 valence electrons. The number of ether oxygens (including phenoxy) is 1. The van der Waals surface area contributed by atoms with E-state index in [1.807, 2.05) is 0 Å². The van der Waals surface area contributed by atoms with E-state index in [1.54, 1.807) is 30.3 Å². The van der Waals surface area contributed by atoms with Crippen molar-refractivity contribution in [2.75, 3.05) is 26.3 Å². The Kier molecular flexibility index (Phi) is 6.67. The van der Waals surface area contributed by atoms with Gasteiger partial charge in [0.25, 0.3) is 0 Å². The maximum atomic E-state index is 14.2. The van der Waals surface area contributed by atoms with Crippen LogP contribution in [-0.2, 0) is 10.5 Å². The number of halogens is 6. The molecule has 9 heteroatoms. The van der Waals surface area contributed by atoms with E-state index in [0.717, 1.165) is 27.6 Å². The van der Waals surface area contributed by atoms with E-state index in [4.69, 9.17) is 4.74 Å². The van der Waals surface area contributed by atoms with E-state index >= 15 is 0 Å². The molecule has 0 bridgehead atoms. The summed E-state index contributed by atoms with van der Waals surface area (Å²) in [5.74, 6) is -10.2. The van der Waals surface area contributed by atoms with Crippen LogP contribution in [-0.4, -0.2) is 49.5 Å². The highest BCUT2D eigenvalue weighted by atomic mass is 32.2. The highest BCUT2D eigenvalue weighted by Crippen LogP contribution is 2.45. The molecule has 1 fully saturated rings. The summed E-state index contributed by atoms with van der Waals surface area (Å²) in [5.41, 5.74) is -0.295. The van der Waals surface area contributed by atoms with Crippen LogP contribution in [0.1, 0.15) is 5.56 Å². The Morgan fingerprint density at radius 2 is 1.72 bits per heavy atom. The highest BCUT2D eigenvalue weighted by Gasteiger charge is 2.65. The molecule has 25 heavy (non-hydrogen) atoms. The summed E-state index contributed by atoms with van der Waals surface area (Å²) >= 11 is 0.860. The van der Waals surface area contributed by atoms with Gasteiger partial charge in [-0.3, -0.25) is 0 Å². The predicted octanol–water partition coefficient (Wildman–Crippen LogP) is 4.63. The number of morpholine rings is 1. The van der Waals surface area contributed by atoms with Crippen molar-refractivity contribution in [2.24, 2.45) is 0 Å². The standard InChI is InChI=1S/C16H17F6NOS/c17-14(18)16(21,22)15(19,20)13(23-6-8-24-9-7-23)11-25-10-12-4-2-1-3-5-12/h1-5,11,14H,6-10H2/b13-11-. The molecule has 0 aromatic heterocycles. The van der Waals surface area contributed by atoms with Crippen LogP contribution in [0.3, 0.4) is 0 Å². The fourth-order valence-corrected chi connectivity index (χ4v) is 3.17. The van der Waals surface area contributed by atoms with E-state index in [-0.39, 0.29) is 32.1 Å². The minimum absolute atomic E-state index is 0.0629. The van der Waals surface area contributed by atoms with Gasteiger partial charge in [0.2, 0.25) is 0 Å².